The van der Waals surface area contributed by atoms with E-state index in [4.69, 9.17) is 0 Å². The van der Waals surface area contributed by atoms with Crippen molar-refractivity contribution in [3.8, 4) is 0 Å². The summed E-state index contributed by atoms with van der Waals surface area (Å²) in [5.41, 5.74) is 2.03. The monoisotopic (exact) mass is 329 g/mol. The quantitative estimate of drug-likeness (QED) is 0.890. The minimum Gasteiger partial charge on any atom is -0.349 e. The molecule has 2 N–H and O–H groups in total. The summed E-state index contributed by atoms with van der Waals surface area (Å²) < 4.78 is 0. The molecule has 5 nitrogen and oxygen atoms in total. The summed E-state index contributed by atoms with van der Waals surface area (Å²) >= 11 is 0. The Morgan fingerprint density at radius 1 is 1.12 bits per heavy atom. The zero-order chi connectivity index (χ0) is 16.9. The highest BCUT2D eigenvalue weighted by Crippen LogP contribution is 2.23. The lowest BCUT2D eigenvalue weighted by Crippen LogP contribution is -2.46. The molecule has 2 aliphatic rings. The molecule has 0 saturated carbocycles. The second kappa shape index (κ2) is 7.79. The van der Waals surface area contributed by atoms with Crippen LogP contribution in [0.4, 0.5) is 0 Å². The fourth-order valence-corrected chi connectivity index (χ4v) is 3.65. The highest BCUT2D eigenvalue weighted by atomic mass is 16.2. The number of likely N-dealkylation sites (tertiary alicyclic amines) is 1. The zero-order valence-electron chi connectivity index (χ0n) is 14.4. The average Bonchev–Trinajstić information content (AvgIpc) is 2.63. The molecule has 2 heterocycles. The van der Waals surface area contributed by atoms with E-state index >= 15 is 0 Å². The number of hydrogen-bond donors (Lipinski definition) is 2. The predicted molar refractivity (Wildman–Crippen MR) is 94.0 cm³/mol. The number of hydrogen-bond acceptors (Lipinski definition) is 3. The molecular weight excluding hydrogens is 302 g/mol. The van der Waals surface area contributed by atoms with Crippen LogP contribution in [0.5, 0.6) is 0 Å². The first-order valence-corrected chi connectivity index (χ1v) is 9.00. The number of amides is 2. The smallest absolute Gasteiger partial charge is 0.251 e. The van der Waals surface area contributed by atoms with Crippen LogP contribution in [-0.2, 0) is 4.79 Å². The van der Waals surface area contributed by atoms with Gasteiger partial charge in [0, 0.05) is 38.2 Å². The van der Waals surface area contributed by atoms with E-state index in [1.807, 2.05) is 17.0 Å². The third-order valence-electron chi connectivity index (χ3n) is 5.22. The van der Waals surface area contributed by atoms with E-state index in [1.165, 1.54) is 18.4 Å². The average molecular weight is 329 g/mol. The number of carbonyl (C=O) groups excluding carboxylic acids is 2. The van der Waals surface area contributed by atoms with E-state index in [2.05, 4.69) is 22.8 Å². The molecular formula is C19H27N3O2. The van der Waals surface area contributed by atoms with Crippen LogP contribution in [0.15, 0.2) is 24.3 Å². The number of benzene rings is 1. The lowest BCUT2D eigenvalue weighted by molar-refractivity contribution is -0.129. The summed E-state index contributed by atoms with van der Waals surface area (Å²) in [6.45, 7) is 5.20. The van der Waals surface area contributed by atoms with Gasteiger partial charge in [0.1, 0.15) is 0 Å². The van der Waals surface area contributed by atoms with E-state index in [1.54, 1.807) is 6.92 Å². The Kier molecular flexibility index (Phi) is 5.51. The van der Waals surface area contributed by atoms with Crippen molar-refractivity contribution < 1.29 is 9.59 Å². The summed E-state index contributed by atoms with van der Waals surface area (Å²) in [4.78, 5) is 25.6. The van der Waals surface area contributed by atoms with Crippen LogP contribution < -0.4 is 10.6 Å². The fourth-order valence-electron chi connectivity index (χ4n) is 3.65. The number of nitrogens with zero attached hydrogens (tertiary/aromatic N) is 1. The third kappa shape index (κ3) is 4.15. The number of nitrogens with one attached hydrogen (secondary N) is 2. The topological polar surface area (TPSA) is 61.4 Å². The Morgan fingerprint density at radius 3 is 2.42 bits per heavy atom. The molecule has 0 bridgehead atoms. The summed E-state index contributed by atoms with van der Waals surface area (Å²) in [6.07, 6.45) is 4.09. The summed E-state index contributed by atoms with van der Waals surface area (Å²) in [7, 11) is 0. The normalized spacial score (nSPS) is 22.2. The molecule has 0 unspecified atom stereocenters. The van der Waals surface area contributed by atoms with Crippen molar-refractivity contribution in [3.63, 3.8) is 0 Å². The van der Waals surface area contributed by atoms with E-state index in [0.29, 0.717) is 5.92 Å². The molecule has 5 heteroatoms. The first-order valence-electron chi connectivity index (χ1n) is 9.00. The molecule has 1 aromatic rings. The first-order chi connectivity index (χ1) is 11.6. The van der Waals surface area contributed by atoms with Gasteiger partial charge in [-0.1, -0.05) is 12.1 Å². The van der Waals surface area contributed by atoms with Gasteiger partial charge in [-0.3, -0.25) is 9.59 Å². The summed E-state index contributed by atoms with van der Waals surface area (Å²) in [5, 5.41) is 6.53. The third-order valence-corrected chi connectivity index (χ3v) is 5.22. The number of piperidine rings is 2. The van der Waals surface area contributed by atoms with Crippen molar-refractivity contribution in [1.82, 2.24) is 15.5 Å². The lowest BCUT2D eigenvalue weighted by Gasteiger charge is -2.31. The van der Waals surface area contributed by atoms with Gasteiger partial charge in [-0.15, -0.1) is 0 Å². The van der Waals surface area contributed by atoms with Gasteiger partial charge in [0.05, 0.1) is 0 Å². The van der Waals surface area contributed by atoms with Crippen molar-refractivity contribution in [2.45, 2.75) is 44.6 Å². The van der Waals surface area contributed by atoms with Gasteiger partial charge in [-0.05, 0) is 55.8 Å². The SMILES string of the molecule is CC(=O)N1CCC(NC(=O)c2ccc([C@H]3CCCNC3)cc2)CC1. The van der Waals surface area contributed by atoms with Gasteiger partial charge in [-0.25, -0.2) is 0 Å². The zero-order valence-corrected chi connectivity index (χ0v) is 14.4. The van der Waals surface area contributed by atoms with Gasteiger partial charge >= 0.3 is 0 Å². The lowest BCUT2D eigenvalue weighted by atomic mass is 9.91. The van der Waals surface area contributed by atoms with Crippen molar-refractivity contribution in [1.29, 1.82) is 0 Å². The predicted octanol–water partition coefficient (Wildman–Crippen LogP) is 1.89. The van der Waals surface area contributed by atoms with Crippen LogP contribution in [0, 0.1) is 0 Å². The molecule has 1 aromatic carbocycles. The van der Waals surface area contributed by atoms with Crippen LogP contribution in [-0.4, -0.2) is 48.9 Å². The van der Waals surface area contributed by atoms with Crippen LogP contribution >= 0.6 is 0 Å². The number of rotatable bonds is 3. The van der Waals surface area contributed by atoms with Crippen LogP contribution in [0.2, 0.25) is 0 Å². The molecule has 2 saturated heterocycles. The highest BCUT2D eigenvalue weighted by molar-refractivity contribution is 5.94. The molecule has 130 valence electrons. The van der Waals surface area contributed by atoms with E-state index < -0.39 is 0 Å². The van der Waals surface area contributed by atoms with Gasteiger partial charge in [0.2, 0.25) is 5.91 Å². The minimum atomic E-state index is -0.00964. The number of carbonyl (C=O) groups is 2. The van der Waals surface area contributed by atoms with Gasteiger partial charge in [0.15, 0.2) is 0 Å². The maximum Gasteiger partial charge on any atom is 0.251 e. The maximum atomic E-state index is 12.4. The second-order valence-electron chi connectivity index (χ2n) is 6.92. The van der Waals surface area contributed by atoms with Crippen molar-refractivity contribution >= 4 is 11.8 Å². The Balaban J connectivity index is 1.53. The van der Waals surface area contributed by atoms with Gasteiger partial charge in [0.25, 0.3) is 5.91 Å². The summed E-state index contributed by atoms with van der Waals surface area (Å²) in [6, 6.07) is 8.21. The molecule has 0 radical (unpaired) electrons. The van der Waals surface area contributed by atoms with Crippen LogP contribution in [0.3, 0.4) is 0 Å². The maximum absolute atomic E-state index is 12.4. The summed E-state index contributed by atoms with van der Waals surface area (Å²) in [5.74, 6) is 0.670. The molecule has 0 spiro atoms. The fraction of sp³-hybridized carbons (Fsp3) is 0.579. The molecule has 0 aromatic heterocycles. The Bertz CT molecular complexity index is 571. The van der Waals surface area contributed by atoms with Crippen molar-refractivity contribution in [3.05, 3.63) is 35.4 Å². The molecule has 24 heavy (non-hydrogen) atoms. The first kappa shape index (κ1) is 17.0. The van der Waals surface area contributed by atoms with Crippen LogP contribution in [0.25, 0.3) is 0 Å². The second-order valence-corrected chi connectivity index (χ2v) is 6.92. The molecule has 2 aliphatic heterocycles. The minimum absolute atomic E-state index is 0.00964. The van der Waals surface area contributed by atoms with Gasteiger partial charge < -0.3 is 15.5 Å². The molecule has 0 aliphatic carbocycles. The van der Waals surface area contributed by atoms with Crippen LogP contribution in [0.1, 0.15) is 54.4 Å². The Labute approximate surface area is 143 Å². The van der Waals surface area contributed by atoms with Gasteiger partial charge in [-0.2, -0.15) is 0 Å². The van der Waals surface area contributed by atoms with Crippen molar-refractivity contribution in [2.24, 2.45) is 0 Å². The molecule has 3 rings (SSSR count). The Hall–Kier alpha value is -1.88. The molecule has 2 amide bonds. The van der Waals surface area contributed by atoms with E-state index in [-0.39, 0.29) is 17.9 Å². The highest BCUT2D eigenvalue weighted by Gasteiger charge is 2.22. The van der Waals surface area contributed by atoms with E-state index in [9.17, 15) is 9.59 Å². The Morgan fingerprint density at radius 2 is 1.83 bits per heavy atom. The largest absolute Gasteiger partial charge is 0.349 e. The molecule has 1 atom stereocenters. The standard InChI is InChI=1S/C19H27N3O2/c1-14(23)22-11-8-18(9-12-22)21-19(24)16-6-4-15(5-7-16)17-3-2-10-20-13-17/h4-7,17-18,20H,2-3,8-13H2,1H3,(H,21,24)/t17-/m0/s1. The van der Waals surface area contributed by atoms with Crippen molar-refractivity contribution in [2.75, 3.05) is 26.2 Å². The van der Waals surface area contributed by atoms with E-state index in [0.717, 1.165) is 44.6 Å². The molecule has 2 fully saturated rings.